The van der Waals surface area contributed by atoms with Gasteiger partial charge in [0.1, 0.15) is 0 Å². The maximum atomic E-state index is 12.9. The average Bonchev–Trinajstić information content (AvgIpc) is 3.07. The van der Waals surface area contributed by atoms with Gasteiger partial charge in [0.15, 0.2) is 16.8 Å². The van der Waals surface area contributed by atoms with Crippen LogP contribution in [0.15, 0.2) is 53.7 Å². The Kier molecular flexibility index (Phi) is 6.86. The highest BCUT2D eigenvalue weighted by Gasteiger charge is 2.23. The van der Waals surface area contributed by atoms with E-state index in [2.05, 4.69) is 15.5 Å². The molecule has 1 amide bonds. The van der Waals surface area contributed by atoms with Gasteiger partial charge in [-0.1, -0.05) is 56.3 Å². The molecule has 0 bridgehead atoms. The normalized spacial score (nSPS) is 12.5. The number of carbonyl (C=O) groups excluding carboxylic acids is 2. The molecule has 8 heteroatoms. The molecule has 0 aliphatic heterocycles. The lowest BCUT2D eigenvalue weighted by Crippen LogP contribution is -2.27. The Bertz CT molecular complexity index is 1100. The quantitative estimate of drug-likeness (QED) is 0.392. The van der Waals surface area contributed by atoms with Crippen LogP contribution >= 0.6 is 23.4 Å². The van der Waals surface area contributed by atoms with Gasteiger partial charge >= 0.3 is 0 Å². The van der Waals surface area contributed by atoms with Gasteiger partial charge in [-0.3, -0.25) is 9.59 Å². The molecule has 0 fully saturated rings. The molecule has 6 nitrogen and oxygen atoms in total. The summed E-state index contributed by atoms with van der Waals surface area (Å²) in [6, 6.07) is 14.4. The molecule has 0 aliphatic rings. The number of ketones is 1. The molecule has 1 unspecified atom stereocenters. The first kappa shape index (κ1) is 23.0. The highest BCUT2D eigenvalue weighted by Crippen LogP contribution is 2.30. The third-order valence-electron chi connectivity index (χ3n) is 4.71. The number of benzene rings is 2. The SMILES string of the molecule is CC(Sc1nnc(-c2ccccc2Cl)n1C)C(=O)c1ccc(NC(=O)C(C)(C)C)cc1. The number of thioether (sulfide) groups is 1. The fraction of sp³-hybridized carbons (Fsp3) is 0.304. The van der Waals surface area contributed by atoms with Gasteiger partial charge in [-0.25, -0.2) is 0 Å². The number of nitrogens with one attached hydrogen (secondary N) is 1. The van der Waals surface area contributed by atoms with Gasteiger partial charge in [0.25, 0.3) is 0 Å². The second-order valence-electron chi connectivity index (χ2n) is 8.25. The molecular weight excluding hydrogens is 432 g/mol. The molecular formula is C23H25ClN4O2S. The molecule has 1 heterocycles. The van der Waals surface area contributed by atoms with Gasteiger partial charge in [0.05, 0.1) is 10.3 Å². The molecule has 1 N–H and O–H groups in total. The van der Waals surface area contributed by atoms with Crippen LogP contribution in [0.3, 0.4) is 0 Å². The van der Waals surface area contributed by atoms with Crippen molar-refractivity contribution in [3.05, 3.63) is 59.1 Å². The summed E-state index contributed by atoms with van der Waals surface area (Å²) in [6.07, 6.45) is 0. The highest BCUT2D eigenvalue weighted by atomic mass is 35.5. The van der Waals surface area contributed by atoms with Crippen LogP contribution in [0.5, 0.6) is 0 Å². The van der Waals surface area contributed by atoms with Gasteiger partial charge in [0, 0.05) is 29.3 Å². The van der Waals surface area contributed by atoms with E-state index in [-0.39, 0.29) is 16.9 Å². The Hall–Kier alpha value is -2.64. The second kappa shape index (κ2) is 9.24. The van der Waals surface area contributed by atoms with Crippen molar-refractivity contribution in [1.29, 1.82) is 0 Å². The number of rotatable bonds is 6. The van der Waals surface area contributed by atoms with E-state index in [1.165, 1.54) is 11.8 Å². The van der Waals surface area contributed by atoms with Gasteiger partial charge < -0.3 is 9.88 Å². The minimum atomic E-state index is -0.488. The summed E-state index contributed by atoms with van der Waals surface area (Å²) in [4.78, 5) is 25.0. The van der Waals surface area contributed by atoms with Crippen molar-refractivity contribution in [1.82, 2.24) is 14.8 Å². The van der Waals surface area contributed by atoms with Crippen LogP contribution in [0, 0.1) is 5.41 Å². The summed E-state index contributed by atoms with van der Waals surface area (Å²) in [5, 5.41) is 12.2. The van der Waals surface area contributed by atoms with Crippen LogP contribution in [0.1, 0.15) is 38.1 Å². The topological polar surface area (TPSA) is 76.9 Å². The van der Waals surface area contributed by atoms with Gasteiger partial charge in [0.2, 0.25) is 5.91 Å². The van der Waals surface area contributed by atoms with Gasteiger partial charge in [-0.05, 0) is 43.3 Å². The monoisotopic (exact) mass is 456 g/mol. The standard InChI is InChI=1S/C23H25ClN4O2S/c1-14(19(29)15-10-12-16(13-11-15)25-21(30)23(2,3)4)31-22-27-26-20(28(22)5)17-8-6-7-9-18(17)24/h6-14H,1-5H3,(H,25,30). The summed E-state index contributed by atoms with van der Waals surface area (Å²) >= 11 is 7.62. The van der Waals surface area contributed by atoms with E-state index in [0.717, 1.165) is 5.56 Å². The van der Waals surface area contributed by atoms with E-state index in [1.807, 2.05) is 57.5 Å². The van der Waals surface area contributed by atoms with Crippen molar-refractivity contribution in [3.8, 4) is 11.4 Å². The number of amides is 1. The second-order valence-corrected chi connectivity index (χ2v) is 9.97. The first-order valence-electron chi connectivity index (χ1n) is 9.84. The number of Topliss-reactive ketones (excluding diaryl/α,β-unsaturated/α-hetero) is 1. The van der Waals surface area contributed by atoms with Crippen molar-refractivity contribution < 1.29 is 9.59 Å². The lowest BCUT2D eigenvalue weighted by Gasteiger charge is -2.17. The summed E-state index contributed by atoms with van der Waals surface area (Å²) in [6.45, 7) is 7.39. The predicted molar refractivity (Wildman–Crippen MR) is 126 cm³/mol. The van der Waals surface area contributed by atoms with Crippen molar-refractivity contribution in [2.75, 3.05) is 5.32 Å². The maximum Gasteiger partial charge on any atom is 0.229 e. The molecule has 1 atom stereocenters. The van der Waals surface area contributed by atoms with Crippen LogP contribution < -0.4 is 5.32 Å². The number of hydrogen-bond acceptors (Lipinski definition) is 5. The number of anilines is 1. The Morgan fingerprint density at radius 2 is 1.71 bits per heavy atom. The van der Waals surface area contributed by atoms with E-state index in [4.69, 9.17) is 11.6 Å². The molecule has 0 aliphatic carbocycles. The van der Waals surface area contributed by atoms with Crippen LogP contribution in [0.4, 0.5) is 5.69 Å². The van der Waals surface area contributed by atoms with Crippen molar-refractivity contribution >= 4 is 40.7 Å². The predicted octanol–water partition coefficient (Wildman–Crippen LogP) is 5.48. The molecule has 0 spiro atoms. The van der Waals surface area contributed by atoms with E-state index in [1.54, 1.807) is 30.3 Å². The van der Waals surface area contributed by atoms with Crippen LogP contribution in [0.25, 0.3) is 11.4 Å². The third-order valence-corrected chi connectivity index (χ3v) is 6.17. The Morgan fingerprint density at radius 3 is 2.32 bits per heavy atom. The number of aromatic nitrogens is 3. The molecule has 1 aromatic heterocycles. The van der Waals surface area contributed by atoms with Gasteiger partial charge in [-0.15, -0.1) is 10.2 Å². The van der Waals surface area contributed by atoms with E-state index < -0.39 is 5.41 Å². The molecule has 162 valence electrons. The Morgan fingerprint density at radius 1 is 1.06 bits per heavy atom. The van der Waals surface area contributed by atoms with E-state index in [0.29, 0.717) is 27.3 Å². The summed E-state index contributed by atoms with van der Waals surface area (Å²) < 4.78 is 1.83. The smallest absolute Gasteiger partial charge is 0.229 e. The van der Waals surface area contributed by atoms with Crippen LogP contribution in [0.2, 0.25) is 5.02 Å². The summed E-state index contributed by atoms with van der Waals surface area (Å²) in [7, 11) is 1.85. The number of carbonyl (C=O) groups is 2. The van der Waals surface area contributed by atoms with Crippen molar-refractivity contribution in [3.63, 3.8) is 0 Å². The zero-order chi connectivity index (χ0) is 22.8. The van der Waals surface area contributed by atoms with E-state index in [9.17, 15) is 9.59 Å². The molecule has 3 aromatic rings. The zero-order valence-electron chi connectivity index (χ0n) is 18.1. The number of nitrogens with zero attached hydrogens (tertiary/aromatic N) is 3. The summed E-state index contributed by atoms with van der Waals surface area (Å²) in [5.74, 6) is 0.541. The molecule has 2 aromatic carbocycles. The minimum Gasteiger partial charge on any atom is -0.326 e. The summed E-state index contributed by atoms with van der Waals surface area (Å²) in [5.41, 5.74) is 1.54. The lowest BCUT2D eigenvalue weighted by molar-refractivity contribution is -0.123. The molecule has 0 saturated heterocycles. The van der Waals surface area contributed by atoms with Gasteiger partial charge in [-0.2, -0.15) is 0 Å². The van der Waals surface area contributed by atoms with E-state index >= 15 is 0 Å². The first-order chi connectivity index (χ1) is 14.6. The molecule has 31 heavy (non-hydrogen) atoms. The third kappa shape index (κ3) is 5.35. The van der Waals surface area contributed by atoms with Crippen molar-refractivity contribution in [2.45, 2.75) is 38.1 Å². The minimum absolute atomic E-state index is 0.0269. The molecule has 3 rings (SSSR count). The average molecular weight is 457 g/mol. The molecule has 0 saturated carbocycles. The maximum absolute atomic E-state index is 12.9. The number of halogens is 1. The fourth-order valence-corrected chi connectivity index (χ4v) is 3.89. The van der Waals surface area contributed by atoms with Crippen LogP contribution in [-0.2, 0) is 11.8 Å². The Balaban J connectivity index is 1.70. The largest absolute Gasteiger partial charge is 0.326 e. The number of hydrogen-bond donors (Lipinski definition) is 1. The van der Waals surface area contributed by atoms with Crippen LogP contribution in [-0.4, -0.2) is 31.7 Å². The first-order valence-corrected chi connectivity index (χ1v) is 11.1. The Labute approximate surface area is 191 Å². The lowest BCUT2D eigenvalue weighted by atomic mass is 9.95. The highest BCUT2D eigenvalue weighted by molar-refractivity contribution is 8.00. The fourth-order valence-electron chi connectivity index (χ4n) is 2.78. The molecule has 0 radical (unpaired) electrons. The van der Waals surface area contributed by atoms with Crippen molar-refractivity contribution in [2.24, 2.45) is 12.5 Å². The zero-order valence-corrected chi connectivity index (χ0v) is 19.7.